The highest BCUT2D eigenvalue weighted by molar-refractivity contribution is 6.30. The van der Waals surface area contributed by atoms with Crippen LogP contribution in [0.25, 0.3) is 76.9 Å². The first-order chi connectivity index (χ1) is 42.6. The third-order valence-electron chi connectivity index (χ3n) is 17.8. The molecule has 1 aliphatic carbocycles. The van der Waals surface area contributed by atoms with Crippen LogP contribution in [0.2, 0.25) is 0 Å². The fraction of sp³-hybridized carbons (Fsp3) is 0.0641. The second-order valence-corrected chi connectivity index (χ2v) is 22.7. The smallest absolute Gasteiger partial charge is 0.159 e. The molecule has 5 atom stereocenters. The number of hydrogen-bond acceptors (Lipinski definition) is 6. The number of aromatic nitrogens is 2. The minimum atomic E-state index is -0.448. The minimum Gasteiger partial charge on any atom is -0.484 e. The van der Waals surface area contributed by atoms with E-state index in [4.69, 9.17) is 26.3 Å². The molecule has 0 saturated heterocycles. The molecular formula is C78H55N7O. The van der Waals surface area contributed by atoms with Crippen LogP contribution in [0.5, 0.6) is 5.75 Å². The molecule has 0 amide bonds. The Bertz CT molecular complexity index is 5070. The largest absolute Gasteiger partial charge is 0.484 e. The van der Waals surface area contributed by atoms with E-state index in [1.807, 2.05) is 12.1 Å². The SMILES string of the molecule is C=C1C(c2ccccc2-c2ccccc2)N=C(c2cc(C3=NC(c4ccccc4)NC(c4ccccc4)=N3)ccc2-n2c3ccccc3c3c4c(c5c(c6ccccc6n5-c5ccc6ccccc6c5)c32)C2C=CC=CC2O4)NC1c1ccccc1. The molecule has 3 aliphatic heterocycles. The summed E-state index contributed by atoms with van der Waals surface area (Å²) in [6.07, 6.45) is 8.26. The van der Waals surface area contributed by atoms with Crippen molar-refractivity contribution < 1.29 is 4.74 Å². The molecule has 0 bridgehead atoms. The Morgan fingerprint density at radius 3 is 1.88 bits per heavy atom. The number of hydrogen-bond donors (Lipinski definition) is 2. The van der Waals surface area contributed by atoms with E-state index in [2.05, 4.69) is 287 Å². The highest BCUT2D eigenvalue weighted by Crippen LogP contribution is 2.56. The molecular weight excluding hydrogens is 1050 g/mol. The van der Waals surface area contributed by atoms with Crippen LogP contribution >= 0.6 is 0 Å². The van der Waals surface area contributed by atoms with Gasteiger partial charge in [-0.2, -0.15) is 0 Å². The predicted octanol–water partition coefficient (Wildman–Crippen LogP) is 17.6. The Kier molecular flexibility index (Phi) is 11.6. The fourth-order valence-electron chi connectivity index (χ4n) is 13.8. The van der Waals surface area contributed by atoms with Crippen LogP contribution < -0.4 is 15.4 Å². The molecule has 86 heavy (non-hydrogen) atoms. The number of rotatable bonds is 9. The Morgan fingerprint density at radius 2 is 1.10 bits per heavy atom. The highest BCUT2D eigenvalue weighted by Gasteiger charge is 2.41. The number of fused-ring (bicyclic) bond motifs is 13. The minimum absolute atomic E-state index is 0.0197. The van der Waals surface area contributed by atoms with Crippen molar-refractivity contribution in [1.29, 1.82) is 0 Å². The Morgan fingerprint density at radius 1 is 0.465 bits per heavy atom. The molecule has 8 nitrogen and oxygen atoms in total. The van der Waals surface area contributed by atoms with Crippen molar-refractivity contribution in [2.24, 2.45) is 15.0 Å². The van der Waals surface area contributed by atoms with E-state index in [-0.39, 0.29) is 18.1 Å². The summed E-state index contributed by atoms with van der Waals surface area (Å²) >= 11 is 0. The number of ether oxygens (including phenoxy) is 1. The van der Waals surface area contributed by atoms with Gasteiger partial charge in [-0.05, 0) is 92.7 Å². The molecule has 4 aliphatic rings. The van der Waals surface area contributed by atoms with Gasteiger partial charge in [-0.1, -0.05) is 237 Å². The molecule has 0 spiro atoms. The molecule has 17 rings (SSSR count). The lowest BCUT2D eigenvalue weighted by atomic mass is 9.85. The number of nitrogens with one attached hydrogen (secondary N) is 2. The van der Waals surface area contributed by atoms with Gasteiger partial charge in [-0.15, -0.1) is 0 Å². The van der Waals surface area contributed by atoms with Gasteiger partial charge in [0.05, 0.1) is 39.2 Å². The van der Waals surface area contributed by atoms with E-state index in [9.17, 15) is 0 Å². The summed E-state index contributed by atoms with van der Waals surface area (Å²) in [5.74, 6) is 2.95. The van der Waals surface area contributed by atoms with Crippen molar-refractivity contribution >= 4 is 71.9 Å². The standard InChI is InChI=1S/C78H55N7O/c1-48-70(51-27-8-3-9-28-51)79-78(80-71(48)58-35-17-16-34-57(58)50-25-6-2-7-26-50)62-47-55(77-82-75(52-29-10-4-11-30-52)81-76(83-77)53-31-12-5-13-32-53)43-45-65(62)85-64-40-22-19-37-60(64)68-73(85)67-59-36-18-21-39-63(59)84(56-44-42-49-24-14-15-33-54(49)46-56)72(67)69-61-38-20-23-41-66(61)86-74(68)69/h2-47,61,66,70-71,75H,1H2,(H,79,80)(H,81,82,83). The van der Waals surface area contributed by atoms with Crippen molar-refractivity contribution in [2.75, 3.05) is 0 Å². The van der Waals surface area contributed by atoms with Gasteiger partial charge in [0.1, 0.15) is 35.7 Å². The maximum Gasteiger partial charge on any atom is 0.159 e. The number of aliphatic imine (C=N–C) groups is 3. The molecule has 408 valence electrons. The normalized spacial score (nSPS) is 18.8. The average Bonchev–Trinajstić information content (AvgIpc) is 1.55. The van der Waals surface area contributed by atoms with E-state index in [0.717, 1.165) is 122 Å². The molecule has 0 saturated carbocycles. The third-order valence-corrected chi connectivity index (χ3v) is 17.8. The summed E-state index contributed by atoms with van der Waals surface area (Å²) in [6, 6.07) is 89.9. The summed E-state index contributed by atoms with van der Waals surface area (Å²) in [6.45, 7) is 4.94. The van der Waals surface area contributed by atoms with Crippen LogP contribution in [0.1, 0.15) is 63.1 Å². The molecule has 0 fully saturated rings. The van der Waals surface area contributed by atoms with E-state index in [0.29, 0.717) is 5.84 Å². The Labute approximate surface area is 497 Å². The zero-order valence-electron chi connectivity index (χ0n) is 46.8. The van der Waals surface area contributed by atoms with E-state index >= 15 is 0 Å². The van der Waals surface area contributed by atoms with E-state index < -0.39 is 12.2 Å². The summed E-state index contributed by atoms with van der Waals surface area (Å²) in [5, 5.41) is 14.6. The van der Waals surface area contributed by atoms with E-state index in [1.54, 1.807) is 0 Å². The topological polar surface area (TPSA) is 80.2 Å². The first kappa shape index (κ1) is 49.5. The van der Waals surface area contributed by atoms with Gasteiger partial charge in [0.25, 0.3) is 0 Å². The van der Waals surface area contributed by atoms with E-state index in [1.165, 1.54) is 16.3 Å². The van der Waals surface area contributed by atoms with Gasteiger partial charge in [0.15, 0.2) is 5.84 Å². The molecule has 5 unspecified atom stereocenters. The molecule has 5 heterocycles. The van der Waals surface area contributed by atoms with Crippen molar-refractivity contribution in [3.05, 3.63) is 330 Å². The van der Waals surface area contributed by atoms with Crippen molar-refractivity contribution in [2.45, 2.75) is 30.3 Å². The van der Waals surface area contributed by atoms with Gasteiger partial charge < -0.3 is 24.5 Å². The number of para-hydroxylation sites is 2. The number of amidine groups is 3. The average molecular weight is 1110 g/mol. The first-order valence-electron chi connectivity index (χ1n) is 29.5. The van der Waals surface area contributed by atoms with Gasteiger partial charge in [0, 0.05) is 50.0 Å². The van der Waals surface area contributed by atoms with Crippen molar-refractivity contribution in [3.63, 3.8) is 0 Å². The summed E-state index contributed by atoms with van der Waals surface area (Å²) < 4.78 is 12.4. The second kappa shape index (κ2) is 20.1. The molecule has 2 aromatic heterocycles. The Hall–Kier alpha value is -11.1. The van der Waals surface area contributed by atoms with Crippen molar-refractivity contribution in [3.8, 4) is 28.3 Å². The lowest BCUT2D eigenvalue weighted by Gasteiger charge is -2.34. The lowest BCUT2D eigenvalue weighted by Crippen LogP contribution is -2.37. The van der Waals surface area contributed by atoms with Crippen LogP contribution in [-0.2, 0) is 0 Å². The van der Waals surface area contributed by atoms with Crippen molar-refractivity contribution in [1.82, 2.24) is 19.8 Å². The molecule has 8 heteroatoms. The number of nitrogens with zero attached hydrogens (tertiary/aromatic N) is 5. The number of benzene rings is 11. The molecule has 0 radical (unpaired) electrons. The van der Waals surface area contributed by atoms with Crippen LogP contribution in [0.3, 0.4) is 0 Å². The predicted molar refractivity (Wildman–Crippen MR) is 353 cm³/mol. The third kappa shape index (κ3) is 7.94. The summed E-state index contributed by atoms with van der Waals surface area (Å²) in [4.78, 5) is 16.8. The van der Waals surface area contributed by atoms with Gasteiger partial charge in [-0.3, -0.25) is 4.99 Å². The fourth-order valence-corrected chi connectivity index (χ4v) is 13.8. The summed E-state index contributed by atoms with van der Waals surface area (Å²) in [7, 11) is 0. The quantitative estimate of drug-likeness (QED) is 0.141. The summed E-state index contributed by atoms with van der Waals surface area (Å²) in [5.41, 5.74) is 16.6. The zero-order chi connectivity index (χ0) is 56.8. The maximum atomic E-state index is 7.42. The number of allylic oxidation sites excluding steroid dienone is 2. The van der Waals surface area contributed by atoms with Crippen LogP contribution in [0.15, 0.2) is 306 Å². The van der Waals surface area contributed by atoms with Crippen LogP contribution in [-0.4, -0.2) is 32.7 Å². The molecule has 11 aromatic carbocycles. The Balaban J connectivity index is 0.993. The highest BCUT2D eigenvalue weighted by atomic mass is 16.5. The first-order valence-corrected chi connectivity index (χ1v) is 29.5. The zero-order valence-corrected chi connectivity index (χ0v) is 46.8. The van der Waals surface area contributed by atoms with Crippen LogP contribution in [0.4, 0.5) is 0 Å². The molecule has 13 aromatic rings. The van der Waals surface area contributed by atoms with Crippen LogP contribution in [0, 0.1) is 0 Å². The monoisotopic (exact) mass is 1110 g/mol. The maximum absolute atomic E-state index is 7.42. The lowest BCUT2D eigenvalue weighted by molar-refractivity contribution is 0.271. The second-order valence-electron chi connectivity index (χ2n) is 22.7. The van der Waals surface area contributed by atoms with Gasteiger partial charge in [-0.25, -0.2) is 9.98 Å². The molecule has 2 N–H and O–H groups in total. The van der Waals surface area contributed by atoms with Gasteiger partial charge >= 0.3 is 0 Å². The van der Waals surface area contributed by atoms with Gasteiger partial charge in [0.2, 0.25) is 0 Å².